The number of carbonyl (C=O) groups excluding carboxylic acids is 3. The first-order chi connectivity index (χ1) is 12.1. The van der Waals surface area contributed by atoms with Gasteiger partial charge in [-0.2, -0.15) is 0 Å². The monoisotopic (exact) mass is 366 g/mol. The van der Waals surface area contributed by atoms with Crippen molar-refractivity contribution in [2.45, 2.75) is 84.5 Å². The topological polar surface area (TPSA) is 78.9 Å². The average Bonchev–Trinajstić information content (AvgIpc) is 2.92. The Morgan fingerprint density at radius 1 is 1.27 bits per heavy atom. The Morgan fingerprint density at radius 2 is 1.96 bits per heavy atom. The molecule has 3 aliphatic rings. The van der Waals surface area contributed by atoms with Crippen LogP contribution in [0.4, 0.5) is 0 Å². The fourth-order valence-electron chi connectivity index (χ4n) is 6.54. The molecule has 146 valence electrons. The van der Waals surface area contributed by atoms with E-state index in [4.69, 9.17) is 14.2 Å². The summed E-state index contributed by atoms with van der Waals surface area (Å²) in [4.78, 5) is 34.9. The molecular formula is C20H30O6. The summed E-state index contributed by atoms with van der Waals surface area (Å²) in [5, 5.41) is 0. The number of fused-ring (bicyclic) bond motifs is 2. The van der Waals surface area contributed by atoms with Crippen LogP contribution in [0, 0.1) is 22.7 Å². The lowest BCUT2D eigenvalue weighted by molar-refractivity contribution is -0.262. The van der Waals surface area contributed by atoms with Crippen LogP contribution < -0.4 is 0 Å². The van der Waals surface area contributed by atoms with Gasteiger partial charge in [0.15, 0.2) is 0 Å². The molecule has 1 aliphatic heterocycles. The SMILES string of the molecule is CC(=O)OC1CCC2(C)C(C(OC=O)CC(C)C23CCC(=O)O3)C1(C)C. The highest BCUT2D eigenvalue weighted by Gasteiger charge is 2.70. The van der Waals surface area contributed by atoms with E-state index >= 15 is 0 Å². The number of ether oxygens (including phenoxy) is 3. The van der Waals surface area contributed by atoms with E-state index < -0.39 is 11.0 Å². The van der Waals surface area contributed by atoms with Gasteiger partial charge in [-0.05, 0) is 25.7 Å². The highest BCUT2D eigenvalue weighted by molar-refractivity contribution is 5.72. The van der Waals surface area contributed by atoms with Crippen LogP contribution in [-0.4, -0.2) is 36.2 Å². The highest BCUT2D eigenvalue weighted by Crippen LogP contribution is 2.66. The molecule has 3 rings (SSSR count). The van der Waals surface area contributed by atoms with E-state index in [1.54, 1.807) is 0 Å². The molecule has 1 heterocycles. The van der Waals surface area contributed by atoms with E-state index in [1.807, 2.05) is 0 Å². The third-order valence-electron chi connectivity index (χ3n) is 7.50. The molecule has 2 saturated carbocycles. The van der Waals surface area contributed by atoms with Crippen molar-refractivity contribution in [1.29, 1.82) is 0 Å². The Kier molecular flexibility index (Phi) is 4.60. The molecule has 3 fully saturated rings. The van der Waals surface area contributed by atoms with E-state index in [9.17, 15) is 14.4 Å². The third kappa shape index (κ3) is 2.55. The molecule has 1 spiro atoms. The fourth-order valence-corrected chi connectivity index (χ4v) is 6.54. The predicted octanol–water partition coefficient (Wildman–Crippen LogP) is 3.02. The molecule has 0 aromatic heterocycles. The molecule has 0 N–H and O–H groups in total. The second kappa shape index (κ2) is 6.24. The van der Waals surface area contributed by atoms with E-state index in [0.717, 1.165) is 6.42 Å². The van der Waals surface area contributed by atoms with Crippen LogP contribution in [0.25, 0.3) is 0 Å². The zero-order chi connectivity index (χ0) is 19.3. The van der Waals surface area contributed by atoms with Gasteiger partial charge in [-0.25, -0.2) is 0 Å². The minimum absolute atomic E-state index is 0.0691. The number of hydrogen-bond donors (Lipinski definition) is 0. The van der Waals surface area contributed by atoms with Crippen LogP contribution in [-0.2, 0) is 28.6 Å². The van der Waals surface area contributed by atoms with Gasteiger partial charge in [0.1, 0.15) is 17.8 Å². The molecule has 0 aromatic rings. The van der Waals surface area contributed by atoms with E-state index in [1.165, 1.54) is 6.92 Å². The number of rotatable bonds is 3. The van der Waals surface area contributed by atoms with Gasteiger partial charge in [0.25, 0.3) is 6.47 Å². The normalized spacial score (nSPS) is 44.1. The van der Waals surface area contributed by atoms with Crippen LogP contribution in [0.15, 0.2) is 0 Å². The smallest absolute Gasteiger partial charge is 0.306 e. The van der Waals surface area contributed by atoms with Crippen molar-refractivity contribution >= 4 is 18.4 Å². The van der Waals surface area contributed by atoms with E-state index in [0.29, 0.717) is 32.2 Å². The summed E-state index contributed by atoms with van der Waals surface area (Å²) in [6, 6.07) is 0. The van der Waals surface area contributed by atoms with Crippen molar-refractivity contribution in [3.63, 3.8) is 0 Å². The van der Waals surface area contributed by atoms with E-state index in [2.05, 4.69) is 27.7 Å². The fraction of sp³-hybridized carbons (Fsp3) is 0.850. The summed E-state index contributed by atoms with van der Waals surface area (Å²) in [5.41, 5.74) is -1.30. The quantitative estimate of drug-likeness (QED) is 0.434. The van der Waals surface area contributed by atoms with Gasteiger partial charge in [0.2, 0.25) is 0 Å². The Labute approximate surface area is 154 Å². The van der Waals surface area contributed by atoms with Crippen molar-refractivity contribution in [3.05, 3.63) is 0 Å². The molecule has 6 heteroatoms. The molecule has 6 atom stereocenters. The maximum atomic E-state index is 12.1. The Morgan fingerprint density at radius 3 is 2.50 bits per heavy atom. The lowest BCUT2D eigenvalue weighted by Gasteiger charge is -2.65. The van der Waals surface area contributed by atoms with Gasteiger partial charge in [-0.1, -0.05) is 27.7 Å². The Bertz CT molecular complexity index is 613. The minimum atomic E-state index is -0.546. The average molecular weight is 366 g/mol. The van der Waals surface area contributed by atoms with Crippen LogP contribution in [0.1, 0.15) is 66.7 Å². The molecule has 0 bridgehead atoms. The number of carbonyl (C=O) groups is 3. The summed E-state index contributed by atoms with van der Waals surface area (Å²) in [5.74, 6) is -0.418. The molecule has 26 heavy (non-hydrogen) atoms. The molecule has 6 nitrogen and oxygen atoms in total. The van der Waals surface area contributed by atoms with Crippen molar-refractivity contribution in [2.75, 3.05) is 0 Å². The maximum Gasteiger partial charge on any atom is 0.306 e. The van der Waals surface area contributed by atoms with Crippen molar-refractivity contribution in [1.82, 2.24) is 0 Å². The van der Waals surface area contributed by atoms with Crippen LogP contribution in [0.5, 0.6) is 0 Å². The van der Waals surface area contributed by atoms with Crippen LogP contribution in [0.2, 0.25) is 0 Å². The first kappa shape index (κ1) is 19.2. The molecule has 0 amide bonds. The molecule has 0 aromatic carbocycles. The minimum Gasteiger partial charge on any atom is -0.464 e. The van der Waals surface area contributed by atoms with Gasteiger partial charge in [-0.15, -0.1) is 0 Å². The van der Waals surface area contributed by atoms with Gasteiger partial charge in [0.05, 0.1) is 0 Å². The largest absolute Gasteiger partial charge is 0.464 e. The predicted molar refractivity (Wildman–Crippen MR) is 92.9 cm³/mol. The lowest BCUT2D eigenvalue weighted by Crippen LogP contribution is -2.69. The second-order valence-corrected chi connectivity index (χ2v) is 9.12. The Balaban J connectivity index is 2.07. The number of hydrogen-bond acceptors (Lipinski definition) is 6. The van der Waals surface area contributed by atoms with Gasteiger partial charge >= 0.3 is 11.9 Å². The Hall–Kier alpha value is -1.59. The third-order valence-corrected chi connectivity index (χ3v) is 7.50. The van der Waals surface area contributed by atoms with Gasteiger partial charge in [0, 0.05) is 36.0 Å². The van der Waals surface area contributed by atoms with Gasteiger partial charge < -0.3 is 14.2 Å². The van der Waals surface area contributed by atoms with Crippen molar-refractivity contribution < 1.29 is 28.6 Å². The summed E-state index contributed by atoms with van der Waals surface area (Å²) >= 11 is 0. The lowest BCUT2D eigenvalue weighted by atomic mass is 9.43. The summed E-state index contributed by atoms with van der Waals surface area (Å²) in [6.07, 6.45) is 2.70. The molecular weight excluding hydrogens is 336 g/mol. The van der Waals surface area contributed by atoms with Crippen LogP contribution >= 0.6 is 0 Å². The molecule has 0 radical (unpaired) electrons. The van der Waals surface area contributed by atoms with E-state index in [-0.39, 0.29) is 41.4 Å². The van der Waals surface area contributed by atoms with Crippen LogP contribution in [0.3, 0.4) is 0 Å². The maximum absolute atomic E-state index is 12.1. The summed E-state index contributed by atoms with van der Waals surface area (Å²) in [6.45, 7) is 10.3. The standard InChI is InChI=1S/C20H30O6/c1-12-10-14(24-11-21)17-18(3,4)15(25-13(2)22)6-8-19(17,5)20(12)9-7-16(23)26-20/h11-12,14-15,17H,6-10H2,1-5H3. The summed E-state index contributed by atoms with van der Waals surface area (Å²) in [7, 11) is 0. The number of esters is 2. The first-order valence-electron chi connectivity index (χ1n) is 9.56. The van der Waals surface area contributed by atoms with Crippen molar-refractivity contribution in [3.8, 4) is 0 Å². The molecule has 6 unspecified atom stereocenters. The zero-order valence-corrected chi connectivity index (χ0v) is 16.4. The molecule has 2 aliphatic carbocycles. The molecule has 1 saturated heterocycles. The second-order valence-electron chi connectivity index (χ2n) is 9.12. The first-order valence-corrected chi connectivity index (χ1v) is 9.56. The zero-order valence-electron chi connectivity index (χ0n) is 16.4. The van der Waals surface area contributed by atoms with Crippen molar-refractivity contribution in [2.24, 2.45) is 22.7 Å². The summed E-state index contributed by atoms with van der Waals surface area (Å²) < 4.78 is 17.2. The van der Waals surface area contributed by atoms with Gasteiger partial charge in [-0.3, -0.25) is 14.4 Å². The highest BCUT2D eigenvalue weighted by atomic mass is 16.6.